The molecule has 1 heterocycles. The quantitative estimate of drug-likeness (QED) is 0.929. The summed E-state index contributed by atoms with van der Waals surface area (Å²) in [5.74, 6) is 0.540. The van der Waals surface area contributed by atoms with E-state index >= 15 is 0 Å². The monoisotopic (exact) mass is 309 g/mol. The fraction of sp³-hybridized carbons (Fsp3) is 0.556. The van der Waals surface area contributed by atoms with Crippen molar-refractivity contribution in [1.29, 1.82) is 0 Å². The zero-order valence-electron chi connectivity index (χ0n) is 8.07. The molecule has 1 aromatic rings. The lowest BCUT2D eigenvalue weighted by Gasteiger charge is -2.25. The first-order chi connectivity index (χ1) is 7.09. The lowest BCUT2D eigenvalue weighted by atomic mass is 9.86. The normalized spacial score (nSPS) is 17.7. The molecule has 3 nitrogen and oxygen atoms in total. The van der Waals surface area contributed by atoms with Crippen LogP contribution in [0.15, 0.2) is 20.1 Å². The van der Waals surface area contributed by atoms with Crippen LogP contribution in [-0.4, -0.2) is 15.0 Å². The highest BCUT2D eigenvalue weighted by molar-refractivity contribution is 9.10. The maximum absolute atomic E-state index is 11.8. The van der Waals surface area contributed by atoms with E-state index in [2.05, 4.69) is 20.7 Å². The second-order valence-electron chi connectivity index (χ2n) is 3.70. The van der Waals surface area contributed by atoms with Gasteiger partial charge in [0, 0.05) is 11.0 Å². The summed E-state index contributed by atoms with van der Waals surface area (Å²) in [6.07, 6.45) is 3.53. The van der Waals surface area contributed by atoms with E-state index in [1.54, 1.807) is 11.4 Å². The molecule has 0 atom stereocenters. The van der Waals surface area contributed by atoms with E-state index in [0.29, 0.717) is 21.1 Å². The minimum Gasteiger partial charge on any atom is -0.210 e. The summed E-state index contributed by atoms with van der Waals surface area (Å²) < 4.78 is 27.3. The summed E-state index contributed by atoms with van der Waals surface area (Å²) in [5, 5.41) is 1.77. The number of hydrogen-bond donors (Lipinski definition) is 1. The van der Waals surface area contributed by atoms with Gasteiger partial charge in [-0.05, 0) is 46.1 Å². The van der Waals surface area contributed by atoms with Gasteiger partial charge in [-0.15, -0.1) is 11.3 Å². The van der Waals surface area contributed by atoms with Gasteiger partial charge in [0.05, 0.1) is 0 Å². The molecule has 1 saturated carbocycles. The second-order valence-corrected chi connectivity index (χ2v) is 7.44. The minimum atomic E-state index is -3.30. The molecule has 1 aliphatic carbocycles. The third-order valence-corrected chi connectivity index (χ3v) is 6.71. The standard InChI is InChI=1S/C9H12BrNO2S2/c10-8-4-5-14-9(8)15(12,13)11-6-7-2-1-3-7/h4-5,7,11H,1-3,6H2. The zero-order valence-corrected chi connectivity index (χ0v) is 11.3. The third-order valence-electron chi connectivity index (χ3n) is 2.62. The van der Waals surface area contributed by atoms with E-state index in [0.717, 1.165) is 12.8 Å². The van der Waals surface area contributed by atoms with Crippen molar-refractivity contribution in [3.8, 4) is 0 Å². The summed E-state index contributed by atoms with van der Waals surface area (Å²) in [4.78, 5) is 0. The Morgan fingerprint density at radius 2 is 2.27 bits per heavy atom. The van der Waals surface area contributed by atoms with Crippen molar-refractivity contribution in [2.45, 2.75) is 23.5 Å². The highest BCUT2D eigenvalue weighted by atomic mass is 79.9. The van der Waals surface area contributed by atoms with E-state index in [9.17, 15) is 8.42 Å². The first-order valence-corrected chi connectivity index (χ1v) is 7.98. The maximum atomic E-state index is 11.8. The van der Waals surface area contributed by atoms with E-state index < -0.39 is 10.0 Å². The van der Waals surface area contributed by atoms with Gasteiger partial charge >= 0.3 is 0 Å². The van der Waals surface area contributed by atoms with E-state index in [1.807, 2.05) is 0 Å². The van der Waals surface area contributed by atoms with Crippen LogP contribution in [0, 0.1) is 5.92 Å². The highest BCUT2D eigenvalue weighted by Gasteiger charge is 2.23. The summed E-state index contributed by atoms with van der Waals surface area (Å²) in [5.41, 5.74) is 0. The predicted molar refractivity (Wildman–Crippen MR) is 64.5 cm³/mol. The molecule has 1 aromatic heterocycles. The molecule has 0 aliphatic heterocycles. The second kappa shape index (κ2) is 4.53. The SMILES string of the molecule is O=S(=O)(NCC1CCC1)c1sccc1Br. The van der Waals surface area contributed by atoms with Crippen LogP contribution >= 0.6 is 27.3 Å². The Kier molecular flexibility index (Phi) is 3.49. The number of hydrogen-bond acceptors (Lipinski definition) is 3. The largest absolute Gasteiger partial charge is 0.251 e. The van der Waals surface area contributed by atoms with Crippen LogP contribution in [0.4, 0.5) is 0 Å². The molecule has 2 rings (SSSR count). The zero-order chi connectivity index (χ0) is 10.9. The number of rotatable bonds is 4. The predicted octanol–water partition coefficient (Wildman–Crippen LogP) is 2.59. The van der Waals surface area contributed by atoms with Gasteiger partial charge in [-0.2, -0.15) is 0 Å². The molecule has 0 bridgehead atoms. The maximum Gasteiger partial charge on any atom is 0.251 e. The summed E-state index contributed by atoms with van der Waals surface area (Å²) in [6, 6.07) is 1.75. The van der Waals surface area contributed by atoms with Crippen molar-refractivity contribution < 1.29 is 8.42 Å². The van der Waals surface area contributed by atoms with Crippen LogP contribution < -0.4 is 4.72 Å². The Balaban J connectivity index is 2.03. The molecule has 1 fully saturated rings. The Labute approximate surface area is 102 Å². The number of halogens is 1. The third kappa shape index (κ3) is 2.61. The summed E-state index contributed by atoms with van der Waals surface area (Å²) in [6.45, 7) is 0.576. The van der Waals surface area contributed by atoms with Gasteiger partial charge in [-0.3, -0.25) is 0 Å². The average Bonchev–Trinajstić information content (AvgIpc) is 2.48. The van der Waals surface area contributed by atoms with Gasteiger partial charge in [0.1, 0.15) is 4.21 Å². The lowest BCUT2D eigenvalue weighted by Crippen LogP contribution is -2.31. The topological polar surface area (TPSA) is 46.2 Å². The van der Waals surface area contributed by atoms with Gasteiger partial charge in [-0.25, -0.2) is 13.1 Å². The Hall–Kier alpha value is 0.0900. The summed E-state index contributed by atoms with van der Waals surface area (Å²) >= 11 is 4.47. The molecule has 1 N–H and O–H groups in total. The number of thiophene rings is 1. The van der Waals surface area contributed by atoms with E-state index in [-0.39, 0.29) is 0 Å². The van der Waals surface area contributed by atoms with Crippen molar-refractivity contribution >= 4 is 37.3 Å². The van der Waals surface area contributed by atoms with Gasteiger partial charge in [-0.1, -0.05) is 6.42 Å². The first kappa shape index (κ1) is 11.6. The van der Waals surface area contributed by atoms with E-state index in [1.165, 1.54) is 17.8 Å². The van der Waals surface area contributed by atoms with Crippen LogP contribution in [0.1, 0.15) is 19.3 Å². The molecule has 0 amide bonds. The molecular formula is C9H12BrNO2S2. The van der Waals surface area contributed by atoms with E-state index in [4.69, 9.17) is 0 Å². The smallest absolute Gasteiger partial charge is 0.210 e. The van der Waals surface area contributed by atoms with Crippen LogP contribution in [0.5, 0.6) is 0 Å². The molecule has 0 spiro atoms. The van der Waals surface area contributed by atoms with Crippen LogP contribution in [0.2, 0.25) is 0 Å². The average molecular weight is 310 g/mol. The van der Waals surface area contributed by atoms with Crippen LogP contribution in [-0.2, 0) is 10.0 Å². The molecule has 84 valence electrons. The Morgan fingerprint density at radius 1 is 1.53 bits per heavy atom. The fourth-order valence-electron chi connectivity index (χ4n) is 1.46. The molecular weight excluding hydrogens is 298 g/mol. The van der Waals surface area contributed by atoms with Gasteiger partial charge in [0.25, 0.3) is 10.0 Å². The van der Waals surface area contributed by atoms with Gasteiger partial charge < -0.3 is 0 Å². The number of nitrogens with one attached hydrogen (secondary N) is 1. The first-order valence-electron chi connectivity index (χ1n) is 4.82. The Morgan fingerprint density at radius 3 is 2.73 bits per heavy atom. The highest BCUT2D eigenvalue weighted by Crippen LogP contribution is 2.29. The van der Waals surface area contributed by atoms with Crippen molar-refractivity contribution in [2.75, 3.05) is 6.54 Å². The van der Waals surface area contributed by atoms with Crippen LogP contribution in [0.25, 0.3) is 0 Å². The molecule has 15 heavy (non-hydrogen) atoms. The molecule has 6 heteroatoms. The molecule has 0 radical (unpaired) electrons. The molecule has 1 aliphatic rings. The van der Waals surface area contributed by atoms with Crippen molar-refractivity contribution in [2.24, 2.45) is 5.92 Å². The fourth-order valence-corrected chi connectivity index (χ4v) is 4.96. The van der Waals surface area contributed by atoms with Crippen molar-refractivity contribution in [3.63, 3.8) is 0 Å². The van der Waals surface area contributed by atoms with Crippen molar-refractivity contribution in [3.05, 3.63) is 15.9 Å². The molecule has 0 aromatic carbocycles. The number of sulfonamides is 1. The lowest BCUT2D eigenvalue weighted by molar-refractivity contribution is 0.316. The van der Waals surface area contributed by atoms with Gasteiger partial charge in [0.15, 0.2) is 0 Å². The van der Waals surface area contributed by atoms with Crippen molar-refractivity contribution in [1.82, 2.24) is 4.72 Å². The van der Waals surface area contributed by atoms with Gasteiger partial charge in [0.2, 0.25) is 0 Å². The molecule has 0 unspecified atom stereocenters. The summed E-state index contributed by atoms with van der Waals surface area (Å²) in [7, 11) is -3.30. The molecule has 0 saturated heterocycles. The minimum absolute atomic E-state index is 0.377. The Bertz CT molecular complexity index is 437. The van der Waals surface area contributed by atoms with Crippen LogP contribution in [0.3, 0.4) is 0 Å².